The molecule has 1 aliphatic rings. The summed E-state index contributed by atoms with van der Waals surface area (Å²) in [6.45, 7) is 0.467. The number of hydrogen-bond donors (Lipinski definition) is 1. The number of para-hydroxylation sites is 2. The number of thioether (sulfide) groups is 1. The number of rotatable bonds is 6. The molecular formula is C20H19FN4O2S. The van der Waals surface area contributed by atoms with Gasteiger partial charge in [0.25, 0.3) is 0 Å². The van der Waals surface area contributed by atoms with E-state index in [-0.39, 0.29) is 30.2 Å². The lowest BCUT2D eigenvalue weighted by atomic mass is 10.1. The van der Waals surface area contributed by atoms with Gasteiger partial charge in [-0.3, -0.25) is 9.59 Å². The third-order valence-corrected chi connectivity index (χ3v) is 5.62. The quantitative estimate of drug-likeness (QED) is 0.693. The van der Waals surface area contributed by atoms with Crippen LogP contribution in [-0.2, 0) is 16.1 Å². The van der Waals surface area contributed by atoms with Crippen molar-refractivity contribution in [3.8, 4) is 0 Å². The number of halogens is 1. The van der Waals surface area contributed by atoms with E-state index in [4.69, 9.17) is 0 Å². The Hall–Kier alpha value is -2.87. The fourth-order valence-corrected chi connectivity index (χ4v) is 4.14. The highest BCUT2D eigenvalue weighted by Gasteiger charge is 2.24. The average Bonchev–Trinajstić information content (AvgIpc) is 3.28. The monoisotopic (exact) mass is 398 g/mol. The van der Waals surface area contributed by atoms with Crippen LogP contribution in [0.3, 0.4) is 0 Å². The van der Waals surface area contributed by atoms with Crippen molar-refractivity contribution in [2.75, 3.05) is 18.2 Å². The molecule has 1 aromatic heterocycles. The Labute approximate surface area is 165 Å². The van der Waals surface area contributed by atoms with Crippen LogP contribution in [0, 0.1) is 5.82 Å². The second kappa shape index (κ2) is 8.02. The van der Waals surface area contributed by atoms with E-state index < -0.39 is 0 Å². The van der Waals surface area contributed by atoms with E-state index in [1.165, 1.54) is 28.8 Å². The molecule has 3 aromatic rings. The van der Waals surface area contributed by atoms with Crippen molar-refractivity contribution in [3.05, 3.63) is 66.2 Å². The summed E-state index contributed by atoms with van der Waals surface area (Å²) in [5.41, 5.74) is 2.61. The Morgan fingerprint density at radius 3 is 2.75 bits per heavy atom. The van der Waals surface area contributed by atoms with Gasteiger partial charge in [-0.2, -0.15) is 0 Å². The van der Waals surface area contributed by atoms with Crippen LogP contribution in [-0.4, -0.2) is 44.4 Å². The first kappa shape index (κ1) is 18.5. The number of nitrogens with zero attached hydrogens (tertiary/aromatic N) is 3. The molecule has 4 rings (SSSR count). The molecule has 1 saturated heterocycles. The maximum Gasteiger partial charge on any atom is 0.240 e. The van der Waals surface area contributed by atoms with Crippen LogP contribution in [0.4, 0.5) is 4.39 Å². The van der Waals surface area contributed by atoms with Crippen molar-refractivity contribution < 1.29 is 14.0 Å². The zero-order valence-electron chi connectivity index (χ0n) is 15.0. The molecule has 0 radical (unpaired) electrons. The number of amides is 2. The summed E-state index contributed by atoms with van der Waals surface area (Å²) in [5, 5.41) is 2.99. The van der Waals surface area contributed by atoms with E-state index in [1.807, 2.05) is 28.8 Å². The Kier molecular flexibility index (Phi) is 5.29. The highest BCUT2D eigenvalue weighted by Crippen LogP contribution is 2.20. The minimum Gasteiger partial charge on any atom is -0.346 e. The van der Waals surface area contributed by atoms with Crippen molar-refractivity contribution in [2.24, 2.45) is 0 Å². The number of nitrogens with one attached hydrogen (secondary N) is 1. The van der Waals surface area contributed by atoms with Crippen LogP contribution >= 0.6 is 11.8 Å². The van der Waals surface area contributed by atoms with E-state index in [2.05, 4.69) is 10.3 Å². The molecule has 0 aliphatic carbocycles. The van der Waals surface area contributed by atoms with Gasteiger partial charge < -0.3 is 14.8 Å². The minimum atomic E-state index is -0.379. The van der Waals surface area contributed by atoms with Gasteiger partial charge >= 0.3 is 0 Å². The summed E-state index contributed by atoms with van der Waals surface area (Å²) < 4.78 is 15.3. The number of aromatic nitrogens is 2. The highest BCUT2D eigenvalue weighted by atomic mass is 32.2. The molecule has 1 N–H and O–H groups in total. The van der Waals surface area contributed by atoms with Gasteiger partial charge in [0.15, 0.2) is 0 Å². The highest BCUT2D eigenvalue weighted by molar-refractivity contribution is 8.00. The molecule has 28 heavy (non-hydrogen) atoms. The molecule has 2 amide bonds. The van der Waals surface area contributed by atoms with Gasteiger partial charge in [0.1, 0.15) is 12.4 Å². The van der Waals surface area contributed by atoms with Crippen molar-refractivity contribution in [2.45, 2.75) is 12.6 Å². The van der Waals surface area contributed by atoms with Gasteiger partial charge in [-0.05, 0) is 29.8 Å². The molecule has 6 nitrogen and oxygen atoms in total. The number of carbonyl (C=O) groups is 2. The zero-order valence-corrected chi connectivity index (χ0v) is 15.9. The third kappa shape index (κ3) is 4.01. The lowest BCUT2D eigenvalue weighted by Gasteiger charge is -2.22. The fraction of sp³-hybridized carbons (Fsp3) is 0.250. The molecule has 144 valence electrons. The minimum absolute atomic E-state index is 0.0220. The maximum absolute atomic E-state index is 13.4. The Morgan fingerprint density at radius 2 is 2.00 bits per heavy atom. The van der Waals surface area contributed by atoms with E-state index in [0.29, 0.717) is 18.2 Å². The first-order valence-corrected chi connectivity index (χ1v) is 10.1. The number of benzene rings is 2. The molecule has 2 heterocycles. The molecule has 8 heteroatoms. The summed E-state index contributed by atoms with van der Waals surface area (Å²) in [5.74, 6) is 0.338. The summed E-state index contributed by atoms with van der Waals surface area (Å²) in [4.78, 5) is 30.3. The van der Waals surface area contributed by atoms with Gasteiger partial charge in [-0.15, -0.1) is 11.8 Å². The first-order valence-electron chi connectivity index (χ1n) is 8.90. The van der Waals surface area contributed by atoms with Crippen LogP contribution in [0.2, 0.25) is 0 Å². The van der Waals surface area contributed by atoms with E-state index in [0.717, 1.165) is 16.6 Å². The topological polar surface area (TPSA) is 67.2 Å². The van der Waals surface area contributed by atoms with Crippen LogP contribution < -0.4 is 5.32 Å². The summed E-state index contributed by atoms with van der Waals surface area (Å²) in [6.07, 6.45) is 1.73. The van der Waals surface area contributed by atoms with Gasteiger partial charge in [0.05, 0.1) is 35.0 Å². The molecule has 1 unspecified atom stereocenters. The first-order chi connectivity index (χ1) is 13.6. The van der Waals surface area contributed by atoms with Crippen molar-refractivity contribution in [3.63, 3.8) is 0 Å². The Balaban J connectivity index is 1.56. The Bertz CT molecular complexity index is 1000. The van der Waals surface area contributed by atoms with Crippen molar-refractivity contribution in [1.82, 2.24) is 19.8 Å². The largest absolute Gasteiger partial charge is 0.346 e. The van der Waals surface area contributed by atoms with Crippen LogP contribution in [0.15, 0.2) is 54.9 Å². The smallest absolute Gasteiger partial charge is 0.240 e. The second-order valence-corrected chi connectivity index (χ2v) is 7.58. The summed E-state index contributed by atoms with van der Waals surface area (Å²) in [6, 6.07) is 13.4. The molecular weight excluding hydrogens is 379 g/mol. The molecule has 0 spiro atoms. The van der Waals surface area contributed by atoms with Crippen LogP contribution in [0.25, 0.3) is 11.0 Å². The number of carbonyl (C=O) groups excluding carboxylic acids is 2. The summed E-state index contributed by atoms with van der Waals surface area (Å²) in [7, 11) is 0. The standard InChI is InChI=1S/C20H19FN4O2S/c21-15-7-5-14(6-8-15)17(23-19(26)10-25-13-28-11-20(25)27)9-24-12-22-16-3-1-2-4-18(16)24/h1-8,12,17H,9-11,13H2,(H,23,26). The van der Waals surface area contributed by atoms with E-state index in [1.54, 1.807) is 18.5 Å². The fourth-order valence-electron chi connectivity index (χ4n) is 3.24. The molecule has 1 fully saturated rings. The van der Waals surface area contributed by atoms with E-state index in [9.17, 15) is 14.0 Å². The van der Waals surface area contributed by atoms with Gasteiger partial charge in [-0.1, -0.05) is 24.3 Å². The van der Waals surface area contributed by atoms with Crippen molar-refractivity contribution >= 4 is 34.6 Å². The van der Waals surface area contributed by atoms with Crippen molar-refractivity contribution in [1.29, 1.82) is 0 Å². The zero-order chi connectivity index (χ0) is 19.5. The molecule has 0 bridgehead atoms. The van der Waals surface area contributed by atoms with E-state index >= 15 is 0 Å². The third-order valence-electron chi connectivity index (χ3n) is 4.67. The number of hydrogen-bond acceptors (Lipinski definition) is 4. The van der Waals surface area contributed by atoms with Crippen LogP contribution in [0.5, 0.6) is 0 Å². The molecule has 1 atom stereocenters. The number of fused-ring (bicyclic) bond motifs is 1. The van der Waals surface area contributed by atoms with Gasteiger partial charge in [-0.25, -0.2) is 9.37 Å². The predicted octanol–water partition coefficient (Wildman–Crippen LogP) is 2.57. The maximum atomic E-state index is 13.4. The van der Waals surface area contributed by atoms with Gasteiger partial charge in [0.2, 0.25) is 11.8 Å². The predicted molar refractivity (Wildman–Crippen MR) is 106 cm³/mol. The van der Waals surface area contributed by atoms with Crippen LogP contribution in [0.1, 0.15) is 11.6 Å². The second-order valence-electron chi connectivity index (χ2n) is 6.63. The molecule has 0 saturated carbocycles. The molecule has 2 aromatic carbocycles. The lowest BCUT2D eigenvalue weighted by Crippen LogP contribution is -2.40. The van der Waals surface area contributed by atoms with Gasteiger partial charge in [0, 0.05) is 6.54 Å². The normalized spacial score (nSPS) is 15.2. The average molecular weight is 398 g/mol. The summed E-state index contributed by atoms with van der Waals surface area (Å²) >= 11 is 1.50. The lowest BCUT2D eigenvalue weighted by molar-refractivity contribution is -0.132. The SMILES string of the molecule is O=C(CN1CSCC1=O)NC(Cn1cnc2ccccc21)c1ccc(F)cc1. The molecule has 1 aliphatic heterocycles. The number of imidazole rings is 1. The Morgan fingerprint density at radius 1 is 1.21 bits per heavy atom.